The molecule has 0 amide bonds. The average molecular weight is 429 g/mol. The van der Waals surface area contributed by atoms with Crippen LogP contribution in [-0.2, 0) is 0 Å². The molecule has 0 radical (unpaired) electrons. The van der Waals surface area contributed by atoms with E-state index in [2.05, 4.69) is 29.0 Å². The molecule has 0 saturated carbocycles. The Kier molecular flexibility index (Phi) is 5.19. The van der Waals surface area contributed by atoms with E-state index in [1.165, 1.54) is 4.68 Å². The molecule has 9 heteroatoms. The van der Waals surface area contributed by atoms with E-state index in [0.29, 0.717) is 29.1 Å². The van der Waals surface area contributed by atoms with Gasteiger partial charge in [-0.2, -0.15) is 0 Å². The molecule has 30 heavy (non-hydrogen) atoms. The number of amidine groups is 1. The van der Waals surface area contributed by atoms with Crippen molar-refractivity contribution < 1.29 is 14.2 Å². The Morgan fingerprint density at radius 1 is 1.13 bits per heavy atom. The summed E-state index contributed by atoms with van der Waals surface area (Å²) in [6.07, 6.45) is 0.851. The third-order valence-electron chi connectivity index (χ3n) is 4.94. The number of nitrogens with one attached hydrogen (secondary N) is 2. The van der Waals surface area contributed by atoms with E-state index in [0.717, 1.165) is 6.42 Å². The zero-order valence-corrected chi connectivity index (χ0v) is 17.5. The van der Waals surface area contributed by atoms with Gasteiger partial charge in [-0.3, -0.25) is 13.9 Å². The molecule has 1 aliphatic heterocycles. The maximum Gasteiger partial charge on any atom is 0.284 e. The number of benzene rings is 2. The number of nitrogens with zero attached hydrogens (tertiary/aromatic N) is 2. The SMILES string of the molecule is CC(C)CCNn1c(=O)c(C2=NS(O)(O)c3ccccc3N2)c(O)c2ccccc21. The Labute approximate surface area is 175 Å². The number of aromatic hydroxyl groups is 1. The van der Waals surface area contributed by atoms with Gasteiger partial charge in [-0.1, -0.05) is 48.9 Å². The van der Waals surface area contributed by atoms with Crippen molar-refractivity contribution in [3.8, 4) is 5.75 Å². The van der Waals surface area contributed by atoms with Gasteiger partial charge in [-0.25, -0.2) is 4.68 Å². The first kappa shape index (κ1) is 20.3. The van der Waals surface area contributed by atoms with E-state index >= 15 is 0 Å². The van der Waals surface area contributed by atoms with E-state index in [9.17, 15) is 19.0 Å². The summed E-state index contributed by atoms with van der Waals surface area (Å²) < 4.78 is 26.4. The maximum absolute atomic E-state index is 13.4. The van der Waals surface area contributed by atoms with Crippen molar-refractivity contribution in [3.05, 3.63) is 64.4 Å². The molecule has 1 aliphatic rings. The average Bonchev–Trinajstić information content (AvgIpc) is 2.70. The summed E-state index contributed by atoms with van der Waals surface area (Å²) in [4.78, 5) is 13.6. The van der Waals surface area contributed by atoms with Crippen molar-refractivity contribution in [2.45, 2.75) is 25.2 Å². The Bertz CT molecular complexity index is 1200. The van der Waals surface area contributed by atoms with Crippen LogP contribution in [0.3, 0.4) is 0 Å². The van der Waals surface area contributed by atoms with Crippen LogP contribution in [-0.4, -0.2) is 31.3 Å². The molecule has 1 aromatic heterocycles. The summed E-state index contributed by atoms with van der Waals surface area (Å²) in [6.45, 7) is 4.74. The molecule has 0 saturated heterocycles. The molecule has 0 fully saturated rings. The highest BCUT2D eigenvalue weighted by Gasteiger charge is 2.30. The van der Waals surface area contributed by atoms with Gasteiger partial charge in [0, 0.05) is 11.9 Å². The zero-order valence-electron chi connectivity index (χ0n) is 16.7. The van der Waals surface area contributed by atoms with Gasteiger partial charge in [0.05, 0.1) is 11.2 Å². The summed E-state index contributed by atoms with van der Waals surface area (Å²) in [5.41, 5.74) is 3.42. The fourth-order valence-electron chi connectivity index (χ4n) is 3.41. The van der Waals surface area contributed by atoms with Crippen LogP contribution in [0.15, 0.2) is 62.6 Å². The van der Waals surface area contributed by atoms with E-state index in [-0.39, 0.29) is 22.0 Å². The predicted octanol–water partition coefficient (Wildman–Crippen LogP) is 4.19. The summed E-state index contributed by atoms with van der Waals surface area (Å²) in [5, 5.41) is 14.3. The fourth-order valence-corrected chi connectivity index (χ4v) is 4.57. The van der Waals surface area contributed by atoms with Crippen molar-refractivity contribution in [2.24, 2.45) is 10.3 Å². The normalized spacial score (nSPS) is 16.0. The van der Waals surface area contributed by atoms with Gasteiger partial charge >= 0.3 is 0 Å². The zero-order chi connectivity index (χ0) is 21.5. The van der Waals surface area contributed by atoms with E-state index in [1.54, 1.807) is 48.5 Å². The quantitative estimate of drug-likeness (QED) is 0.416. The van der Waals surface area contributed by atoms with Crippen LogP contribution in [0.4, 0.5) is 5.69 Å². The molecule has 0 spiro atoms. The second kappa shape index (κ2) is 7.67. The summed E-state index contributed by atoms with van der Waals surface area (Å²) in [7, 11) is -3.52. The molecule has 3 aromatic rings. The second-order valence-electron chi connectivity index (χ2n) is 7.55. The largest absolute Gasteiger partial charge is 0.506 e. The minimum absolute atomic E-state index is 0.0821. The Hall–Kier alpha value is -3.01. The van der Waals surface area contributed by atoms with E-state index in [1.807, 2.05) is 0 Å². The van der Waals surface area contributed by atoms with Crippen LogP contribution >= 0.6 is 10.8 Å². The van der Waals surface area contributed by atoms with E-state index < -0.39 is 16.3 Å². The number of aromatic nitrogens is 1. The molecule has 4 rings (SSSR count). The Morgan fingerprint density at radius 3 is 2.60 bits per heavy atom. The third kappa shape index (κ3) is 3.51. The topological polar surface area (TPSA) is 119 Å². The monoisotopic (exact) mass is 428 g/mol. The number of rotatable bonds is 5. The lowest BCUT2D eigenvalue weighted by molar-refractivity contribution is 0.477. The fraction of sp³-hybridized carbons (Fsp3) is 0.238. The molecule has 0 atom stereocenters. The number of hydrogen-bond donors (Lipinski definition) is 5. The lowest BCUT2D eigenvalue weighted by atomic mass is 10.1. The third-order valence-corrected chi connectivity index (χ3v) is 6.32. The number of hydrogen-bond acceptors (Lipinski definition) is 7. The molecular weight excluding hydrogens is 404 g/mol. The van der Waals surface area contributed by atoms with Crippen LogP contribution in [0.25, 0.3) is 10.9 Å². The van der Waals surface area contributed by atoms with Crippen LogP contribution in [0.2, 0.25) is 0 Å². The molecule has 2 aromatic carbocycles. The van der Waals surface area contributed by atoms with Gasteiger partial charge in [0.1, 0.15) is 16.2 Å². The molecule has 0 bridgehead atoms. The minimum Gasteiger partial charge on any atom is -0.506 e. The summed E-state index contributed by atoms with van der Waals surface area (Å²) >= 11 is 0. The first-order valence-electron chi connectivity index (χ1n) is 9.65. The standard InChI is InChI=1S/C21H24N4O4S/c1-13(2)11-12-22-25-16-9-5-3-7-14(16)19(26)18(21(25)27)20-23-15-8-4-6-10-17(15)30(28,29)24-20/h3-10,13,22,26,28-29H,11-12H2,1-2H3,(H,23,24). The predicted molar refractivity (Wildman–Crippen MR) is 121 cm³/mol. The maximum atomic E-state index is 13.4. The first-order valence-corrected chi connectivity index (χ1v) is 11.1. The number of para-hydroxylation sites is 2. The van der Waals surface area contributed by atoms with Crippen LogP contribution in [0.5, 0.6) is 5.75 Å². The molecule has 8 nitrogen and oxygen atoms in total. The highest BCUT2D eigenvalue weighted by molar-refractivity contribution is 8.23. The molecule has 2 heterocycles. The Balaban J connectivity index is 1.90. The van der Waals surface area contributed by atoms with Crippen LogP contribution in [0.1, 0.15) is 25.8 Å². The van der Waals surface area contributed by atoms with Gasteiger partial charge in [-0.15, -0.1) is 4.40 Å². The van der Waals surface area contributed by atoms with Crippen molar-refractivity contribution in [1.29, 1.82) is 0 Å². The van der Waals surface area contributed by atoms with Crippen molar-refractivity contribution in [3.63, 3.8) is 0 Å². The van der Waals surface area contributed by atoms with Crippen molar-refractivity contribution in [2.75, 3.05) is 17.3 Å². The van der Waals surface area contributed by atoms with Gasteiger partial charge in [0.2, 0.25) is 0 Å². The van der Waals surface area contributed by atoms with Gasteiger partial charge in [0.15, 0.2) is 5.84 Å². The lowest BCUT2D eigenvalue weighted by Crippen LogP contribution is -2.36. The van der Waals surface area contributed by atoms with Gasteiger partial charge in [-0.05, 0) is 36.6 Å². The summed E-state index contributed by atoms with van der Waals surface area (Å²) in [5.74, 6) is 0.102. The molecule has 5 N–H and O–H groups in total. The summed E-state index contributed by atoms with van der Waals surface area (Å²) in [6, 6.07) is 13.6. The highest BCUT2D eigenvalue weighted by atomic mass is 32.3. The second-order valence-corrected chi connectivity index (χ2v) is 9.21. The molecule has 158 valence electrons. The molecule has 0 aliphatic carbocycles. The number of fused-ring (bicyclic) bond motifs is 2. The van der Waals surface area contributed by atoms with E-state index in [4.69, 9.17) is 0 Å². The smallest absolute Gasteiger partial charge is 0.284 e. The van der Waals surface area contributed by atoms with Gasteiger partial charge in [0.25, 0.3) is 5.56 Å². The minimum atomic E-state index is -3.52. The molecule has 0 unspecified atom stereocenters. The first-order chi connectivity index (χ1) is 14.3. The van der Waals surface area contributed by atoms with Crippen LogP contribution < -0.4 is 16.3 Å². The van der Waals surface area contributed by atoms with Crippen molar-refractivity contribution in [1.82, 2.24) is 4.68 Å². The van der Waals surface area contributed by atoms with Crippen LogP contribution in [0, 0.1) is 5.92 Å². The van der Waals surface area contributed by atoms with Crippen molar-refractivity contribution >= 4 is 33.2 Å². The number of anilines is 1. The Morgan fingerprint density at radius 2 is 1.83 bits per heavy atom. The number of pyridine rings is 1. The lowest BCUT2D eigenvalue weighted by Gasteiger charge is -2.34. The van der Waals surface area contributed by atoms with Gasteiger partial charge < -0.3 is 15.8 Å². The highest BCUT2D eigenvalue weighted by Crippen LogP contribution is 2.55. The molecular formula is C21H24N4O4S.